The highest BCUT2D eigenvalue weighted by Gasteiger charge is 2.07. The highest BCUT2D eigenvalue weighted by atomic mass is 16.5. The predicted molar refractivity (Wildman–Crippen MR) is 81.4 cm³/mol. The highest BCUT2D eigenvalue weighted by molar-refractivity contribution is 5.95. The van der Waals surface area contributed by atoms with Crippen molar-refractivity contribution in [2.75, 3.05) is 7.11 Å². The molecule has 0 saturated carbocycles. The van der Waals surface area contributed by atoms with Gasteiger partial charge in [0.05, 0.1) is 7.11 Å². The summed E-state index contributed by atoms with van der Waals surface area (Å²) in [5.74, 6) is 1.11. The van der Waals surface area contributed by atoms with Crippen molar-refractivity contribution >= 4 is 5.78 Å². The van der Waals surface area contributed by atoms with Crippen molar-refractivity contribution in [2.45, 2.75) is 26.2 Å². The second-order valence-corrected chi connectivity index (χ2v) is 4.96. The molecule has 0 radical (unpaired) electrons. The van der Waals surface area contributed by atoms with Gasteiger partial charge < -0.3 is 4.74 Å². The number of rotatable bonds is 6. The molecule has 2 nitrogen and oxygen atoms in total. The van der Waals surface area contributed by atoms with Crippen LogP contribution in [-0.4, -0.2) is 12.9 Å². The molecule has 0 bridgehead atoms. The van der Waals surface area contributed by atoms with Crippen molar-refractivity contribution in [3.8, 4) is 5.75 Å². The van der Waals surface area contributed by atoms with Gasteiger partial charge in [0.15, 0.2) is 5.78 Å². The fourth-order valence-electron chi connectivity index (χ4n) is 2.31. The summed E-state index contributed by atoms with van der Waals surface area (Å²) < 4.78 is 5.36. The fourth-order valence-corrected chi connectivity index (χ4v) is 2.31. The number of benzene rings is 2. The van der Waals surface area contributed by atoms with E-state index in [1.165, 1.54) is 11.1 Å². The Balaban J connectivity index is 1.93. The molecule has 104 valence electrons. The van der Waals surface area contributed by atoms with Crippen LogP contribution in [0, 0.1) is 6.92 Å². The molecular formula is C18H20O2. The van der Waals surface area contributed by atoms with Gasteiger partial charge in [-0.2, -0.15) is 0 Å². The second-order valence-electron chi connectivity index (χ2n) is 4.96. The molecule has 20 heavy (non-hydrogen) atoms. The average Bonchev–Trinajstić information content (AvgIpc) is 2.48. The fraction of sp³-hybridized carbons (Fsp3) is 0.278. The molecular weight excluding hydrogens is 248 g/mol. The monoisotopic (exact) mass is 268 g/mol. The average molecular weight is 268 g/mol. The number of hydrogen-bond acceptors (Lipinski definition) is 2. The van der Waals surface area contributed by atoms with Gasteiger partial charge in [-0.05, 0) is 31.4 Å². The third-order valence-corrected chi connectivity index (χ3v) is 3.38. The summed E-state index contributed by atoms with van der Waals surface area (Å²) in [6, 6.07) is 15.6. The molecule has 0 unspecified atom stereocenters. The minimum Gasteiger partial charge on any atom is -0.496 e. The van der Waals surface area contributed by atoms with Gasteiger partial charge in [-0.3, -0.25) is 4.79 Å². The lowest BCUT2D eigenvalue weighted by atomic mass is 10.0. The summed E-state index contributed by atoms with van der Waals surface area (Å²) in [5.41, 5.74) is 3.19. The minimum atomic E-state index is 0.206. The Morgan fingerprint density at radius 1 is 1.10 bits per heavy atom. The third-order valence-electron chi connectivity index (χ3n) is 3.38. The van der Waals surface area contributed by atoms with Crippen LogP contribution in [0.25, 0.3) is 0 Å². The minimum absolute atomic E-state index is 0.206. The van der Waals surface area contributed by atoms with Crippen molar-refractivity contribution in [2.24, 2.45) is 0 Å². The van der Waals surface area contributed by atoms with E-state index in [0.717, 1.165) is 24.2 Å². The maximum Gasteiger partial charge on any atom is 0.162 e. The van der Waals surface area contributed by atoms with Crippen LogP contribution in [0.2, 0.25) is 0 Å². The van der Waals surface area contributed by atoms with Gasteiger partial charge >= 0.3 is 0 Å². The maximum absolute atomic E-state index is 12.0. The molecule has 0 aliphatic carbocycles. The standard InChI is InChI=1S/C18H20O2/c1-14-11-12-18(20-2)16(13-14)9-6-10-17(19)15-7-4-3-5-8-15/h3-5,7-8,11-13H,6,9-10H2,1-2H3. The number of carbonyl (C=O) groups is 1. The molecule has 2 aromatic carbocycles. The lowest BCUT2D eigenvalue weighted by Gasteiger charge is -2.09. The predicted octanol–water partition coefficient (Wildman–Crippen LogP) is 4.21. The zero-order valence-electron chi connectivity index (χ0n) is 12.1. The van der Waals surface area contributed by atoms with Crippen molar-refractivity contribution in [1.82, 2.24) is 0 Å². The van der Waals surface area contributed by atoms with Gasteiger partial charge in [0.25, 0.3) is 0 Å². The number of ketones is 1. The molecule has 2 heteroatoms. The van der Waals surface area contributed by atoms with Crippen LogP contribution in [0.5, 0.6) is 5.75 Å². The first-order valence-corrected chi connectivity index (χ1v) is 6.92. The molecule has 0 N–H and O–H groups in total. The van der Waals surface area contributed by atoms with Crippen molar-refractivity contribution < 1.29 is 9.53 Å². The summed E-state index contributed by atoms with van der Waals surface area (Å²) in [6.07, 6.45) is 2.28. The van der Waals surface area contributed by atoms with Gasteiger partial charge in [-0.1, -0.05) is 48.0 Å². The third kappa shape index (κ3) is 3.70. The van der Waals surface area contributed by atoms with E-state index in [-0.39, 0.29) is 5.78 Å². The summed E-state index contributed by atoms with van der Waals surface area (Å²) in [7, 11) is 1.68. The van der Waals surface area contributed by atoms with Crippen molar-refractivity contribution in [1.29, 1.82) is 0 Å². The summed E-state index contributed by atoms with van der Waals surface area (Å²) >= 11 is 0. The molecule has 2 aromatic rings. The molecule has 2 rings (SSSR count). The topological polar surface area (TPSA) is 26.3 Å². The Morgan fingerprint density at radius 2 is 1.85 bits per heavy atom. The molecule has 0 heterocycles. The van der Waals surface area contributed by atoms with Crippen molar-refractivity contribution in [3.05, 3.63) is 65.2 Å². The normalized spacial score (nSPS) is 10.3. The summed E-state index contributed by atoms with van der Waals surface area (Å²) in [4.78, 5) is 12.0. The molecule has 0 amide bonds. The second kappa shape index (κ2) is 6.90. The quantitative estimate of drug-likeness (QED) is 0.734. The summed E-state index contributed by atoms with van der Waals surface area (Å²) in [5, 5.41) is 0. The molecule has 0 saturated heterocycles. The van der Waals surface area contributed by atoms with Crippen LogP contribution >= 0.6 is 0 Å². The lowest BCUT2D eigenvalue weighted by molar-refractivity contribution is 0.0980. The number of ether oxygens (including phenoxy) is 1. The van der Waals surface area contributed by atoms with Crippen LogP contribution in [-0.2, 0) is 6.42 Å². The van der Waals surface area contributed by atoms with E-state index < -0.39 is 0 Å². The largest absolute Gasteiger partial charge is 0.496 e. The Bertz CT molecular complexity index is 573. The molecule has 0 aliphatic heterocycles. The van der Waals surface area contributed by atoms with E-state index in [1.807, 2.05) is 42.5 Å². The first-order valence-electron chi connectivity index (χ1n) is 6.92. The molecule has 0 spiro atoms. The number of Topliss-reactive ketones (excluding diaryl/α,β-unsaturated/α-hetero) is 1. The van der Waals surface area contributed by atoms with Crippen LogP contribution in [0.1, 0.15) is 34.3 Å². The number of hydrogen-bond donors (Lipinski definition) is 0. The van der Waals surface area contributed by atoms with Crippen LogP contribution in [0.15, 0.2) is 48.5 Å². The lowest BCUT2D eigenvalue weighted by Crippen LogP contribution is -2.00. The van der Waals surface area contributed by atoms with E-state index in [1.54, 1.807) is 7.11 Å². The van der Waals surface area contributed by atoms with Gasteiger partial charge in [0.2, 0.25) is 0 Å². The zero-order chi connectivity index (χ0) is 14.4. The SMILES string of the molecule is COc1ccc(C)cc1CCCC(=O)c1ccccc1. The van der Waals surface area contributed by atoms with Crippen LogP contribution in [0.4, 0.5) is 0 Å². The van der Waals surface area contributed by atoms with Crippen LogP contribution in [0.3, 0.4) is 0 Å². The van der Waals surface area contributed by atoms with Gasteiger partial charge in [0.1, 0.15) is 5.75 Å². The van der Waals surface area contributed by atoms with Crippen LogP contribution < -0.4 is 4.74 Å². The van der Waals surface area contributed by atoms with E-state index in [4.69, 9.17) is 4.74 Å². The number of aryl methyl sites for hydroxylation is 2. The first-order chi connectivity index (χ1) is 9.70. The summed E-state index contributed by atoms with van der Waals surface area (Å²) in [6.45, 7) is 2.07. The number of methoxy groups -OCH3 is 1. The van der Waals surface area contributed by atoms with Gasteiger partial charge in [-0.25, -0.2) is 0 Å². The Morgan fingerprint density at radius 3 is 2.55 bits per heavy atom. The van der Waals surface area contributed by atoms with E-state index >= 15 is 0 Å². The van der Waals surface area contributed by atoms with E-state index in [9.17, 15) is 4.79 Å². The molecule has 0 fully saturated rings. The Hall–Kier alpha value is -2.09. The van der Waals surface area contributed by atoms with E-state index in [2.05, 4.69) is 13.0 Å². The smallest absolute Gasteiger partial charge is 0.162 e. The van der Waals surface area contributed by atoms with E-state index in [0.29, 0.717) is 6.42 Å². The number of carbonyl (C=O) groups excluding carboxylic acids is 1. The van der Waals surface area contributed by atoms with Gasteiger partial charge in [-0.15, -0.1) is 0 Å². The highest BCUT2D eigenvalue weighted by Crippen LogP contribution is 2.22. The molecule has 0 aliphatic rings. The zero-order valence-corrected chi connectivity index (χ0v) is 12.1. The van der Waals surface area contributed by atoms with Crippen molar-refractivity contribution in [3.63, 3.8) is 0 Å². The maximum atomic E-state index is 12.0. The molecule has 0 atom stereocenters. The Kier molecular flexibility index (Phi) is 4.94. The first kappa shape index (κ1) is 14.3. The van der Waals surface area contributed by atoms with Gasteiger partial charge in [0, 0.05) is 12.0 Å². The molecule has 0 aromatic heterocycles. The Labute approximate surface area is 120 Å².